The molecule has 13 heavy (non-hydrogen) atoms. The molecule has 0 N–H and O–H groups in total. The second-order valence-electron chi connectivity index (χ2n) is 4.24. The molecule has 2 saturated heterocycles. The molecule has 2 aliphatic rings. The number of fused-ring (bicyclic) bond motifs is 2. The fourth-order valence-electron chi connectivity index (χ4n) is 2.21. The van der Waals surface area contributed by atoms with Gasteiger partial charge in [0, 0.05) is 12.1 Å². The van der Waals surface area contributed by atoms with Gasteiger partial charge in [-0.25, -0.2) is 8.78 Å². The van der Waals surface area contributed by atoms with Gasteiger partial charge in [0.1, 0.15) is 6.10 Å². The van der Waals surface area contributed by atoms with Crippen molar-refractivity contribution in [2.45, 2.75) is 44.4 Å². The summed E-state index contributed by atoms with van der Waals surface area (Å²) < 4.78 is 31.8. The fourth-order valence-corrected chi connectivity index (χ4v) is 2.21. The third kappa shape index (κ3) is 1.46. The minimum atomic E-state index is -2.66. The molecule has 0 aromatic heterocycles. The number of ether oxygens (including phenoxy) is 1. The van der Waals surface area contributed by atoms with Crippen LogP contribution in [0.4, 0.5) is 8.78 Å². The first-order valence-corrected chi connectivity index (χ1v) is 4.76. The number of hydrogen-bond acceptors (Lipinski definition) is 2. The summed E-state index contributed by atoms with van der Waals surface area (Å²) in [4.78, 5) is 1.85. The number of alkyl halides is 2. The Morgan fingerprint density at radius 1 is 1.46 bits per heavy atom. The molecule has 2 nitrogen and oxygen atoms in total. The van der Waals surface area contributed by atoms with Crippen LogP contribution in [0, 0.1) is 0 Å². The lowest BCUT2D eigenvalue weighted by Gasteiger charge is -2.38. The number of rotatable bonds is 1. The molecule has 2 fully saturated rings. The van der Waals surface area contributed by atoms with Gasteiger partial charge in [0.05, 0.1) is 13.2 Å². The third-order valence-corrected chi connectivity index (χ3v) is 2.97. The molecule has 2 bridgehead atoms. The Kier molecular flexibility index (Phi) is 2.07. The van der Waals surface area contributed by atoms with Crippen molar-refractivity contribution in [2.24, 2.45) is 0 Å². The van der Waals surface area contributed by atoms with Crippen molar-refractivity contribution in [1.82, 2.24) is 4.90 Å². The van der Waals surface area contributed by atoms with Crippen molar-refractivity contribution in [3.8, 4) is 0 Å². The summed E-state index contributed by atoms with van der Waals surface area (Å²) in [5, 5.41) is 0. The molecule has 0 saturated carbocycles. The average molecular weight is 191 g/mol. The van der Waals surface area contributed by atoms with Gasteiger partial charge >= 0.3 is 0 Å². The number of piperidine rings is 1. The van der Waals surface area contributed by atoms with E-state index in [1.807, 2.05) is 18.7 Å². The SMILES string of the molecule is CC(C)N1CC(F)(F)[C@H]2C[C@@H]1CO2. The highest BCUT2D eigenvalue weighted by atomic mass is 19.3. The van der Waals surface area contributed by atoms with E-state index in [1.54, 1.807) is 0 Å². The number of nitrogens with zero attached hydrogens (tertiary/aromatic N) is 1. The summed E-state index contributed by atoms with van der Waals surface area (Å²) >= 11 is 0. The molecule has 76 valence electrons. The molecule has 0 radical (unpaired) electrons. The van der Waals surface area contributed by atoms with E-state index in [0.29, 0.717) is 13.0 Å². The first-order chi connectivity index (χ1) is 6.00. The molecule has 4 heteroatoms. The summed E-state index contributed by atoms with van der Waals surface area (Å²) in [7, 11) is 0. The second kappa shape index (κ2) is 2.89. The first kappa shape index (κ1) is 9.34. The number of halogens is 2. The van der Waals surface area contributed by atoms with Gasteiger partial charge in [-0.15, -0.1) is 0 Å². The first-order valence-electron chi connectivity index (χ1n) is 4.76. The maximum atomic E-state index is 13.3. The molecule has 2 heterocycles. The average Bonchev–Trinajstić information content (AvgIpc) is 2.43. The zero-order chi connectivity index (χ0) is 9.64. The highest BCUT2D eigenvalue weighted by Crippen LogP contribution is 2.38. The number of likely N-dealkylation sites (tertiary alicyclic amines) is 1. The van der Waals surface area contributed by atoms with Crippen molar-refractivity contribution < 1.29 is 13.5 Å². The van der Waals surface area contributed by atoms with Crippen LogP contribution in [0.15, 0.2) is 0 Å². The molecule has 0 aromatic carbocycles. The normalized spacial score (nSPS) is 38.5. The van der Waals surface area contributed by atoms with E-state index in [-0.39, 0.29) is 18.6 Å². The molecule has 2 rings (SSSR count). The van der Waals surface area contributed by atoms with Gasteiger partial charge in [-0.05, 0) is 20.3 Å². The van der Waals surface area contributed by atoms with Crippen molar-refractivity contribution in [3.05, 3.63) is 0 Å². The van der Waals surface area contributed by atoms with Crippen molar-refractivity contribution in [2.75, 3.05) is 13.2 Å². The van der Waals surface area contributed by atoms with Crippen LogP contribution in [-0.2, 0) is 4.74 Å². The Morgan fingerprint density at radius 2 is 2.15 bits per heavy atom. The van der Waals surface area contributed by atoms with Crippen LogP contribution in [0.1, 0.15) is 20.3 Å². The van der Waals surface area contributed by atoms with Crippen LogP contribution < -0.4 is 0 Å². The van der Waals surface area contributed by atoms with Gasteiger partial charge in [0.25, 0.3) is 5.92 Å². The summed E-state index contributed by atoms with van der Waals surface area (Å²) in [6.07, 6.45) is -0.335. The van der Waals surface area contributed by atoms with Crippen molar-refractivity contribution in [1.29, 1.82) is 0 Å². The Morgan fingerprint density at radius 3 is 2.77 bits per heavy atom. The smallest absolute Gasteiger partial charge is 0.286 e. The zero-order valence-corrected chi connectivity index (χ0v) is 7.96. The fraction of sp³-hybridized carbons (Fsp3) is 1.00. The summed E-state index contributed by atoms with van der Waals surface area (Å²) in [5.74, 6) is -2.66. The number of hydrogen-bond donors (Lipinski definition) is 0. The van der Waals surface area contributed by atoms with Crippen LogP contribution in [-0.4, -0.2) is 42.2 Å². The van der Waals surface area contributed by atoms with E-state index < -0.39 is 12.0 Å². The lowest BCUT2D eigenvalue weighted by atomic mass is 9.98. The van der Waals surface area contributed by atoms with E-state index >= 15 is 0 Å². The Labute approximate surface area is 76.9 Å². The Bertz CT molecular complexity index is 208. The van der Waals surface area contributed by atoms with Crippen LogP contribution in [0.3, 0.4) is 0 Å². The molecule has 0 aliphatic carbocycles. The summed E-state index contributed by atoms with van der Waals surface area (Å²) in [6.45, 7) is 4.24. The van der Waals surface area contributed by atoms with Crippen LogP contribution in [0.2, 0.25) is 0 Å². The molecule has 0 amide bonds. The topological polar surface area (TPSA) is 12.5 Å². The zero-order valence-electron chi connectivity index (χ0n) is 7.96. The molecule has 0 unspecified atom stereocenters. The molecular weight excluding hydrogens is 176 g/mol. The summed E-state index contributed by atoms with van der Waals surface area (Å²) in [6, 6.07) is 0.392. The van der Waals surface area contributed by atoms with Gasteiger partial charge in [-0.2, -0.15) is 0 Å². The molecule has 0 aromatic rings. The lowest BCUT2D eigenvalue weighted by Crippen LogP contribution is -2.54. The Hall–Kier alpha value is -0.220. The van der Waals surface area contributed by atoms with Gasteiger partial charge in [-0.3, -0.25) is 4.90 Å². The maximum absolute atomic E-state index is 13.3. The minimum absolute atomic E-state index is 0.139. The van der Waals surface area contributed by atoms with Crippen molar-refractivity contribution >= 4 is 0 Å². The highest BCUT2D eigenvalue weighted by Gasteiger charge is 2.53. The lowest BCUT2D eigenvalue weighted by molar-refractivity contribution is -0.136. The van der Waals surface area contributed by atoms with Crippen LogP contribution in [0.25, 0.3) is 0 Å². The Balaban J connectivity index is 2.16. The van der Waals surface area contributed by atoms with E-state index in [2.05, 4.69) is 0 Å². The van der Waals surface area contributed by atoms with Crippen LogP contribution >= 0.6 is 0 Å². The predicted molar refractivity (Wildman–Crippen MR) is 44.9 cm³/mol. The van der Waals surface area contributed by atoms with E-state index in [1.165, 1.54) is 0 Å². The van der Waals surface area contributed by atoms with Gasteiger partial charge < -0.3 is 4.74 Å². The van der Waals surface area contributed by atoms with Gasteiger partial charge in [0.15, 0.2) is 0 Å². The largest absolute Gasteiger partial charge is 0.370 e. The monoisotopic (exact) mass is 191 g/mol. The predicted octanol–water partition coefficient (Wildman–Crippen LogP) is 1.50. The van der Waals surface area contributed by atoms with E-state index in [0.717, 1.165) is 0 Å². The molecular formula is C9H15F2NO. The third-order valence-electron chi connectivity index (χ3n) is 2.97. The van der Waals surface area contributed by atoms with Gasteiger partial charge in [-0.1, -0.05) is 0 Å². The quantitative estimate of drug-likeness (QED) is 0.622. The van der Waals surface area contributed by atoms with Gasteiger partial charge in [0.2, 0.25) is 0 Å². The standard InChI is InChI=1S/C9H15F2NO/c1-6(2)12-5-9(10,11)8-3-7(12)4-13-8/h6-8H,3-5H2,1-2H3/t7-,8-/m1/s1. The summed E-state index contributed by atoms with van der Waals surface area (Å²) in [5.41, 5.74) is 0. The highest BCUT2D eigenvalue weighted by molar-refractivity contribution is 4.98. The molecule has 0 spiro atoms. The molecule has 2 aliphatic heterocycles. The second-order valence-corrected chi connectivity index (χ2v) is 4.24. The van der Waals surface area contributed by atoms with E-state index in [9.17, 15) is 8.78 Å². The maximum Gasteiger partial charge on any atom is 0.286 e. The minimum Gasteiger partial charge on any atom is -0.370 e. The van der Waals surface area contributed by atoms with E-state index in [4.69, 9.17) is 4.74 Å². The van der Waals surface area contributed by atoms with Crippen LogP contribution in [0.5, 0.6) is 0 Å². The van der Waals surface area contributed by atoms with Crippen molar-refractivity contribution in [3.63, 3.8) is 0 Å². The molecule has 2 atom stereocenters.